The molecule has 0 saturated heterocycles. The summed E-state index contributed by atoms with van der Waals surface area (Å²) < 4.78 is 13.1. The first-order valence-electron chi connectivity index (χ1n) is 9.24. The smallest absolute Gasteiger partial charge is 0.410 e. The van der Waals surface area contributed by atoms with Crippen molar-refractivity contribution in [3.63, 3.8) is 0 Å². The maximum Gasteiger partial charge on any atom is 0.410 e. The number of benzene rings is 1. The summed E-state index contributed by atoms with van der Waals surface area (Å²) in [6, 6.07) is 8.14. The van der Waals surface area contributed by atoms with E-state index in [0.29, 0.717) is 31.1 Å². The molecule has 27 heavy (non-hydrogen) atoms. The predicted molar refractivity (Wildman–Crippen MR) is 104 cm³/mol. The standard InChI is InChI=1S/C20H28N4O3/c1-20(2,3)27-19(25)24-11-9-14-7-5-6-8-15(14)17(24)10-12-26-18-16(21)13-22-23(18)4/h5-8,13,17H,9-12,21H2,1-4H3. The largest absolute Gasteiger partial charge is 0.476 e. The summed E-state index contributed by atoms with van der Waals surface area (Å²) in [4.78, 5) is 14.6. The molecule has 2 aromatic rings. The van der Waals surface area contributed by atoms with Crippen LogP contribution in [0.25, 0.3) is 0 Å². The van der Waals surface area contributed by atoms with Crippen LogP contribution in [-0.4, -0.2) is 39.5 Å². The lowest BCUT2D eigenvalue weighted by molar-refractivity contribution is 0.0118. The number of anilines is 1. The van der Waals surface area contributed by atoms with E-state index in [4.69, 9.17) is 15.2 Å². The van der Waals surface area contributed by atoms with Crippen molar-refractivity contribution in [1.82, 2.24) is 14.7 Å². The van der Waals surface area contributed by atoms with Gasteiger partial charge in [0.2, 0.25) is 5.88 Å². The Morgan fingerprint density at radius 3 is 2.74 bits per heavy atom. The van der Waals surface area contributed by atoms with Gasteiger partial charge in [0.15, 0.2) is 0 Å². The molecular weight excluding hydrogens is 344 g/mol. The Morgan fingerprint density at radius 1 is 1.33 bits per heavy atom. The van der Waals surface area contributed by atoms with Crippen molar-refractivity contribution >= 4 is 11.8 Å². The zero-order valence-corrected chi connectivity index (χ0v) is 16.4. The molecule has 0 aliphatic carbocycles. The molecule has 1 aliphatic rings. The number of aromatic nitrogens is 2. The highest BCUT2D eigenvalue weighted by atomic mass is 16.6. The Bertz CT molecular complexity index is 790. The van der Waals surface area contributed by atoms with Gasteiger partial charge in [-0.1, -0.05) is 24.3 Å². The zero-order valence-electron chi connectivity index (χ0n) is 16.4. The van der Waals surface area contributed by atoms with Crippen molar-refractivity contribution in [2.45, 2.75) is 45.3 Å². The van der Waals surface area contributed by atoms with Crippen LogP contribution in [0, 0.1) is 0 Å². The van der Waals surface area contributed by atoms with Crippen LogP contribution < -0.4 is 10.5 Å². The average molecular weight is 372 g/mol. The Morgan fingerprint density at radius 2 is 2.07 bits per heavy atom. The van der Waals surface area contributed by atoms with Gasteiger partial charge < -0.3 is 20.1 Å². The summed E-state index contributed by atoms with van der Waals surface area (Å²) in [5, 5.41) is 4.08. The SMILES string of the molecule is Cn1ncc(N)c1OCCC1c2ccccc2CCN1C(=O)OC(C)(C)C. The number of nitrogens with zero attached hydrogens (tertiary/aromatic N) is 3. The number of nitrogens with two attached hydrogens (primary N) is 1. The zero-order chi connectivity index (χ0) is 19.6. The molecule has 1 unspecified atom stereocenters. The van der Waals surface area contributed by atoms with Crippen LogP contribution in [0.15, 0.2) is 30.5 Å². The van der Waals surface area contributed by atoms with Gasteiger partial charge in [0.1, 0.15) is 11.3 Å². The molecule has 0 fully saturated rings. The number of amides is 1. The van der Waals surface area contributed by atoms with Crippen LogP contribution in [0.1, 0.15) is 44.4 Å². The van der Waals surface area contributed by atoms with Gasteiger partial charge in [-0.15, -0.1) is 0 Å². The summed E-state index contributed by atoms with van der Waals surface area (Å²) in [6.07, 6.45) is 2.74. The quantitative estimate of drug-likeness (QED) is 0.890. The lowest BCUT2D eigenvalue weighted by Crippen LogP contribution is -2.43. The van der Waals surface area contributed by atoms with Gasteiger partial charge in [-0.05, 0) is 38.3 Å². The molecule has 7 nitrogen and oxygen atoms in total. The second-order valence-electron chi connectivity index (χ2n) is 7.80. The molecule has 0 spiro atoms. The molecule has 0 bridgehead atoms. The third-order valence-electron chi connectivity index (χ3n) is 4.58. The van der Waals surface area contributed by atoms with Crippen LogP contribution in [0.4, 0.5) is 10.5 Å². The Labute approximate surface area is 160 Å². The number of rotatable bonds is 4. The van der Waals surface area contributed by atoms with Crippen molar-refractivity contribution < 1.29 is 14.3 Å². The lowest BCUT2D eigenvalue weighted by atomic mass is 9.91. The van der Waals surface area contributed by atoms with Crippen LogP contribution in [0.2, 0.25) is 0 Å². The predicted octanol–water partition coefficient (Wildman–Crippen LogP) is 3.31. The highest BCUT2D eigenvalue weighted by Crippen LogP contribution is 2.33. The third kappa shape index (κ3) is 4.35. The minimum absolute atomic E-state index is 0.0979. The fourth-order valence-corrected chi connectivity index (χ4v) is 3.39. The Hall–Kier alpha value is -2.70. The minimum Gasteiger partial charge on any atom is -0.476 e. The van der Waals surface area contributed by atoms with E-state index >= 15 is 0 Å². The molecule has 146 valence electrons. The van der Waals surface area contributed by atoms with Crippen LogP contribution in [-0.2, 0) is 18.2 Å². The van der Waals surface area contributed by atoms with Gasteiger partial charge in [0.25, 0.3) is 0 Å². The molecule has 2 heterocycles. The molecule has 1 aliphatic heterocycles. The van der Waals surface area contributed by atoms with E-state index in [-0.39, 0.29) is 12.1 Å². The first-order chi connectivity index (χ1) is 12.8. The molecule has 2 N–H and O–H groups in total. The monoisotopic (exact) mass is 372 g/mol. The molecule has 3 rings (SSSR count). The summed E-state index contributed by atoms with van der Waals surface area (Å²) in [6.45, 7) is 6.69. The highest BCUT2D eigenvalue weighted by Gasteiger charge is 2.33. The van der Waals surface area contributed by atoms with Gasteiger partial charge >= 0.3 is 6.09 Å². The number of fused-ring (bicyclic) bond motifs is 1. The number of nitrogen functional groups attached to an aromatic ring is 1. The van der Waals surface area contributed by atoms with Crippen LogP contribution in [0.5, 0.6) is 5.88 Å². The van der Waals surface area contributed by atoms with Gasteiger partial charge in [0, 0.05) is 20.0 Å². The molecule has 1 amide bonds. The van der Waals surface area contributed by atoms with Crippen LogP contribution in [0.3, 0.4) is 0 Å². The molecule has 1 atom stereocenters. The fourth-order valence-electron chi connectivity index (χ4n) is 3.39. The van der Waals surface area contributed by atoms with Crippen molar-refractivity contribution in [3.05, 3.63) is 41.6 Å². The average Bonchev–Trinajstić information content (AvgIpc) is 2.92. The second kappa shape index (κ2) is 7.50. The van der Waals surface area contributed by atoms with E-state index in [9.17, 15) is 4.79 Å². The molecular formula is C20H28N4O3. The number of carbonyl (C=O) groups excluding carboxylic acids is 1. The van der Waals surface area contributed by atoms with Crippen molar-refractivity contribution in [2.24, 2.45) is 7.05 Å². The van der Waals surface area contributed by atoms with E-state index in [1.165, 1.54) is 5.56 Å². The third-order valence-corrected chi connectivity index (χ3v) is 4.58. The Kier molecular flexibility index (Phi) is 5.30. The lowest BCUT2D eigenvalue weighted by Gasteiger charge is -2.38. The van der Waals surface area contributed by atoms with E-state index in [2.05, 4.69) is 17.2 Å². The number of aryl methyl sites for hydroxylation is 1. The molecule has 0 saturated carbocycles. The van der Waals surface area contributed by atoms with E-state index in [1.807, 2.05) is 37.8 Å². The van der Waals surface area contributed by atoms with E-state index in [0.717, 1.165) is 12.0 Å². The van der Waals surface area contributed by atoms with Crippen LogP contribution >= 0.6 is 0 Å². The summed E-state index contributed by atoms with van der Waals surface area (Å²) in [7, 11) is 1.79. The topological polar surface area (TPSA) is 82.6 Å². The second-order valence-corrected chi connectivity index (χ2v) is 7.80. The van der Waals surface area contributed by atoms with E-state index < -0.39 is 5.60 Å². The number of carbonyl (C=O) groups is 1. The number of hydrogen-bond acceptors (Lipinski definition) is 5. The number of hydrogen-bond donors (Lipinski definition) is 1. The fraction of sp³-hybridized carbons (Fsp3) is 0.500. The van der Waals surface area contributed by atoms with Gasteiger partial charge in [-0.2, -0.15) is 5.10 Å². The summed E-state index contributed by atoms with van der Waals surface area (Å²) >= 11 is 0. The first kappa shape index (κ1) is 19.1. The minimum atomic E-state index is -0.530. The normalized spacial score (nSPS) is 16.7. The van der Waals surface area contributed by atoms with E-state index in [1.54, 1.807) is 17.9 Å². The summed E-state index contributed by atoms with van der Waals surface area (Å²) in [5.41, 5.74) is 8.28. The van der Waals surface area contributed by atoms with Crippen molar-refractivity contribution in [2.75, 3.05) is 18.9 Å². The highest BCUT2D eigenvalue weighted by molar-refractivity contribution is 5.69. The molecule has 1 aromatic carbocycles. The molecule has 0 radical (unpaired) electrons. The van der Waals surface area contributed by atoms with Gasteiger partial charge in [-0.3, -0.25) is 0 Å². The summed E-state index contributed by atoms with van der Waals surface area (Å²) in [5.74, 6) is 0.544. The number of ether oxygens (including phenoxy) is 2. The van der Waals surface area contributed by atoms with Crippen molar-refractivity contribution in [1.29, 1.82) is 0 Å². The Balaban J connectivity index is 1.77. The van der Waals surface area contributed by atoms with Crippen molar-refractivity contribution in [3.8, 4) is 5.88 Å². The maximum absolute atomic E-state index is 12.8. The van der Waals surface area contributed by atoms with Gasteiger partial charge in [0.05, 0.1) is 18.8 Å². The molecule has 7 heteroatoms. The molecule has 1 aromatic heterocycles. The maximum atomic E-state index is 12.8. The first-order valence-corrected chi connectivity index (χ1v) is 9.24. The van der Waals surface area contributed by atoms with Gasteiger partial charge in [-0.25, -0.2) is 9.48 Å².